The second-order valence-electron chi connectivity index (χ2n) is 6.27. The summed E-state index contributed by atoms with van der Waals surface area (Å²) in [4.78, 5) is 12.3. The number of furan rings is 1. The van der Waals surface area contributed by atoms with Gasteiger partial charge in [-0.05, 0) is 49.9 Å². The van der Waals surface area contributed by atoms with Crippen LogP contribution in [0.25, 0.3) is 0 Å². The van der Waals surface area contributed by atoms with Crippen molar-refractivity contribution in [3.63, 3.8) is 0 Å². The van der Waals surface area contributed by atoms with Crippen molar-refractivity contribution in [3.05, 3.63) is 51.9 Å². The monoisotopic (exact) mass is 416 g/mol. The molecule has 1 aromatic carbocycles. The zero-order valence-corrected chi connectivity index (χ0v) is 16.3. The molecule has 3 rings (SSSR count). The fourth-order valence-electron chi connectivity index (χ4n) is 2.56. The zero-order valence-electron chi connectivity index (χ0n) is 14.0. The van der Waals surface area contributed by atoms with E-state index in [1.165, 1.54) is 18.4 Å². The fraction of sp³-hybridized carbons (Fsp3) is 0.353. The summed E-state index contributed by atoms with van der Waals surface area (Å²) in [5.74, 6) is 0.492. The van der Waals surface area contributed by atoms with Crippen molar-refractivity contribution in [1.82, 2.24) is 10.0 Å². The van der Waals surface area contributed by atoms with Crippen molar-refractivity contribution in [2.75, 3.05) is 0 Å². The van der Waals surface area contributed by atoms with Gasteiger partial charge in [-0.3, -0.25) is 4.79 Å². The lowest BCUT2D eigenvalue weighted by atomic mass is 10.1. The minimum atomic E-state index is -3.95. The highest BCUT2D eigenvalue weighted by Crippen LogP contribution is 2.33. The van der Waals surface area contributed by atoms with E-state index in [0.29, 0.717) is 11.7 Å². The third kappa shape index (κ3) is 4.40. The van der Waals surface area contributed by atoms with Gasteiger partial charge in [-0.15, -0.1) is 0 Å². The minimum absolute atomic E-state index is 0.00591. The number of benzene rings is 1. The number of rotatable bonds is 7. The Balaban J connectivity index is 1.83. The summed E-state index contributed by atoms with van der Waals surface area (Å²) < 4.78 is 32.6. The van der Waals surface area contributed by atoms with Crippen LogP contribution in [0.4, 0.5) is 0 Å². The standard InChI is InChI=1S/C17H18Cl2N2O4S/c1-10(11-4-5-11)21-17(22)13-7-16(15(19)8-14(13)18)26(23,24)20-9-12-3-2-6-25-12/h2-3,6-8,10-11,20H,4-5,9H2,1H3,(H,21,22)/t10-/m1/s1. The van der Waals surface area contributed by atoms with Crippen LogP contribution in [0.1, 0.15) is 35.9 Å². The number of halogens is 2. The molecule has 2 N–H and O–H groups in total. The Morgan fingerprint density at radius 2 is 2.04 bits per heavy atom. The first-order valence-corrected chi connectivity index (χ1v) is 10.3. The number of hydrogen-bond acceptors (Lipinski definition) is 4. The second-order valence-corrected chi connectivity index (χ2v) is 8.82. The Morgan fingerprint density at radius 3 is 2.65 bits per heavy atom. The highest BCUT2D eigenvalue weighted by Gasteiger charge is 2.30. The fourth-order valence-corrected chi connectivity index (χ4v) is 4.41. The molecule has 1 fully saturated rings. The molecule has 1 aliphatic rings. The van der Waals surface area contributed by atoms with Crippen LogP contribution in [-0.4, -0.2) is 20.4 Å². The van der Waals surface area contributed by atoms with Crippen LogP contribution in [0, 0.1) is 5.92 Å². The molecule has 0 aliphatic heterocycles. The van der Waals surface area contributed by atoms with Crippen LogP contribution in [0.2, 0.25) is 10.0 Å². The molecule has 9 heteroatoms. The average Bonchev–Trinajstić information content (AvgIpc) is 3.29. The van der Waals surface area contributed by atoms with Crippen molar-refractivity contribution < 1.29 is 17.6 Å². The first-order valence-electron chi connectivity index (χ1n) is 8.10. The summed E-state index contributed by atoms with van der Waals surface area (Å²) in [6.45, 7) is 1.89. The quantitative estimate of drug-likeness (QED) is 0.721. The van der Waals surface area contributed by atoms with Gasteiger partial charge in [0, 0.05) is 6.04 Å². The van der Waals surface area contributed by atoms with Gasteiger partial charge < -0.3 is 9.73 Å². The molecule has 140 valence electrons. The smallest absolute Gasteiger partial charge is 0.253 e. The first kappa shape index (κ1) is 19.2. The normalized spacial score (nSPS) is 15.7. The van der Waals surface area contributed by atoms with Crippen LogP contribution in [0.5, 0.6) is 0 Å². The third-order valence-electron chi connectivity index (χ3n) is 4.26. The number of carbonyl (C=O) groups is 1. The third-order valence-corrected chi connectivity index (χ3v) is 6.44. The molecular formula is C17H18Cl2N2O4S. The van der Waals surface area contributed by atoms with E-state index >= 15 is 0 Å². The van der Waals surface area contributed by atoms with Crippen LogP contribution >= 0.6 is 23.2 Å². The summed E-state index contributed by atoms with van der Waals surface area (Å²) in [5.41, 5.74) is 0.0712. The number of amides is 1. The molecule has 0 bridgehead atoms. The Bertz CT molecular complexity index is 909. The Labute approximate surface area is 161 Å². The van der Waals surface area contributed by atoms with Crippen LogP contribution in [0.3, 0.4) is 0 Å². The summed E-state index contributed by atoms with van der Waals surface area (Å²) in [6.07, 6.45) is 3.60. The van der Waals surface area contributed by atoms with E-state index in [9.17, 15) is 13.2 Å². The van der Waals surface area contributed by atoms with E-state index in [1.54, 1.807) is 12.1 Å². The van der Waals surface area contributed by atoms with Crippen molar-refractivity contribution in [2.24, 2.45) is 5.92 Å². The molecule has 1 saturated carbocycles. The molecule has 0 radical (unpaired) electrons. The Kier molecular flexibility index (Phi) is 5.62. The van der Waals surface area contributed by atoms with E-state index in [2.05, 4.69) is 10.0 Å². The first-order chi connectivity index (χ1) is 12.3. The van der Waals surface area contributed by atoms with Crippen LogP contribution in [0.15, 0.2) is 39.8 Å². The molecule has 26 heavy (non-hydrogen) atoms. The Morgan fingerprint density at radius 1 is 1.31 bits per heavy atom. The van der Waals surface area contributed by atoms with Gasteiger partial charge in [-0.1, -0.05) is 23.2 Å². The SMILES string of the molecule is C[C@@H](NC(=O)c1cc(S(=O)(=O)NCc2ccco2)c(Cl)cc1Cl)C1CC1. The lowest BCUT2D eigenvalue weighted by Gasteiger charge is -2.15. The summed E-state index contributed by atoms with van der Waals surface area (Å²) in [6, 6.07) is 5.77. The highest BCUT2D eigenvalue weighted by molar-refractivity contribution is 7.89. The van der Waals surface area contributed by atoms with Crippen molar-refractivity contribution >= 4 is 39.1 Å². The van der Waals surface area contributed by atoms with Gasteiger partial charge >= 0.3 is 0 Å². The number of hydrogen-bond donors (Lipinski definition) is 2. The topological polar surface area (TPSA) is 88.4 Å². The second kappa shape index (κ2) is 7.60. The van der Waals surface area contributed by atoms with Gasteiger partial charge in [0.15, 0.2) is 0 Å². The molecule has 0 saturated heterocycles. The van der Waals surface area contributed by atoms with E-state index in [4.69, 9.17) is 27.6 Å². The highest BCUT2D eigenvalue weighted by atomic mass is 35.5. The van der Waals surface area contributed by atoms with Crippen molar-refractivity contribution in [3.8, 4) is 0 Å². The van der Waals surface area contributed by atoms with E-state index < -0.39 is 15.9 Å². The van der Waals surface area contributed by atoms with Gasteiger partial charge in [0.1, 0.15) is 10.7 Å². The molecule has 1 aromatic heterocycles. The molecule has 1 amide bonds. The summed E-state index contributed by atoms with van der Waals surface area (Å²) in [7, 11) is -3.95. The van der Waals surface area contributed by atoms with Gasteiger partial charge in [0.25, 0.3) is 5.91 Å². The molecular weight excluding hydrogens is 399 g/mol. The molecule has 0 spiro atoms. The molecule has 1 atom stereocenters. The maximum absolute atomic E-state index is 12.6. The predicted octanol–water partition coefficient (Wildman–Crippen LogP) is 3.59. The molecule has 6 nitrogen and oxygen atoms in total. The Hall–Kier alpha value is -1.54. The average molecular weight is 417 g/mol. The minimum Gasteiger partial charge on any atom is -0.468 e. The summed E-state index contributed by atoms with van der Waals surface area (Å²) in [5, 5.41) is 2.89. The molecule has 2 aromatic rings. The lowest BCUT2D eigenvalue weighted by Crippen LogP contribution is -2.34. The molecule has 1 aliphatic carbocycles. The zero-order chi connectivity index (χ0) is 18.9. The van der Waals surface area contributed by atoms with Crippen LogP contribution < -0.4 is 10.0 Å². The van der Waals surface area contributed by atoms with Crippen molar-refractivity contribution in [2.45, 2.75) is 37.2 Å². The lowest BCUT2D eigenvalue weighted by molar-refractivity contribution is 0.0936. The van der Waals surface area contributed by atoms with Gasteiger partial charge in [0.05, 0.1) is 28.4 Å². The maximum Gasteiger partial charge on any atom is 0.253 e. The molecule has 0 unspecified atom stereocenters. The largest absolute Gasteiger partial charge is 0.468 e. The number of nitrogens with one attached hydrogen (secondary N) is 2. The number of carbonyl (C=O) groups excluding carboxylic acids is 1. The van der Waals surface area contributed by atoms with Gasteiger partial charge in [-0.2, -0.15) is 0 Å². The molecule has 1 heterocycles. The predicted molar refractivity (Wildman–Crippen MR) is 98.8 cm³/mol. The van der Waals surface area contributed by atoms with E-state index in [0.717, 1.165) is 12.8 Å². The van der Waals surface area contributed by atoms with E-state index in [-0.39, 0.29) is 33.1 Å². The number of sulfonamides is 1. The van der Waals surface area contributed by atoms with E-state index in [1.807, 2.05) is 6.92 Å². The van der Waals surface area contributed by atoms with Crippen molar-refractivity contribution in [1.29, 1.82) is 0 Å². The summed E-state index contributed by atoms with van der Waals surface area (Å²) >= 11 is 12.2. The van der Waals surface area contributed by atoms with Gasteiger partial charge in [0.2, 0.25) is 10.0 Å². The maximum atomic E-state index is 12.6. The van der Waals surface area contributed by atoms with Crippen LogP contribution in [-0.2, 0) is 16.6 Å². The van der Waals surface area contributed by atoms with Gasteiger partial charge in [-0.25, -0.2) is 13.1 Å².